The first-order valence-corrected chi connectivity index (χ1v) is 4.12. The summed E-state index contributed by atoms with van der Waals surface area (Å²) in [6, 6.07) is 4.50. The van der Waals surface area contributed by atoms with E-state index in [1.54, 1.807) is 6.20 Å². The number of hydrogen-bond acceptors (Lipinski definition) is 1. The molecule has 0 aliphatic heterocycles. The summed E-state index contributed by atoms with van der Waals surface area (Å²) in [5, 5.41) is 0. The van der Waals surface area contributed by atoms with Gasteiger partial charge < -0.3 is 0 Å². The molecule has 1 N–H and O–H groups in total. The van der Waals surface area contributed by atoms with Gasteiger partial charge in [-0.25, -0.2) is 14.5 Å². The molecule has 0 spiro atoms. The monoisotopic (exact) mass is 162 g/mol. The fourth-order valence-corrected chi connectivity index (χ4v) is 1.34. The molecule has 0 radical (unpaired) electrons. The molecule has 0 bridgehead atoms. The van der Waals surface area contributed by atoms with Crippen molar-refractivity contribution in [3.8, 4) is 0 Å². The number of aromatic nitrogens is 3. The number of H-pyrrole nitrogens is 1. The number of rotatable bonds is 1. The van der Waals surface area contributed by atoms with Gasteiger partial charge in [0.2, 0.25) is 6.33 Å². The lowest BCUT2D eigenvalue weighted by atomic mass is 10.3. The Balaban J connectivity index is 2.70. The smallest absolute Gasteiger partial charge is 0.227 e. The van der Waals surface area contributed by atoms with Crippen LogP contribution < -0.4 is 4.57 Å². The summed E-state index contributed by atoms with van der Waals surface area (Å²) < 4.78 is 2.17. The molecule has 0 amide bonds. The maximum Gasteiger partial charge on any atom is 0.266 e. The largest absolute Gasteiger partial charge is 0.266 e. The van der Waals surface area contributed by atoms with Crippen LogP contribution >= 0.6 is 0 Å². The summed E-state index contributed by atoms with van der Waals surface area (Å²) in [6.45, 7) is 4.31. The molecular formula is C9H12N3+. The molecular weight excluding hydrogens is 150 g/mol. The van der Waals surface area contributed by atoms with Gasteiger partial charge in [-0.15, -0.1) is 0 Å². The number of hydrogen-bond donors (Lipinski definition) is 1. The average Bonchev–Trinajstić information content (AvgIpc) is 2.47. The second-order valence-electron chi connectivity index (χ2n) is 3.15. The highest BCUT2D eigenvalue weighted by atomic mass is 15.1. The van der Waals surface area contributed by atoms with Gasteiger partial charge in [-0.3, -0.25) is 0 Å². The second-order valence-corrected chi connectivity index (χ2v) is 3.15. The molecule has 0 saturated carbocycles. The molecule has 0 aromatic carbocycles. The zero-order chi connectivity index (χ0) is 8.55. The van der Waals surface area contributed by atoms with Crippen LogP contribution in [0.3, 0.4) is 0 Å². The predicted octanol–water partition coefficient (Wildman–Crippen LogP) is 1.43. The van der Waals surface area contributed by atoms with Crippen LogP contribution in [0.15, 0.2) is 24.7 Å². The van der Waals surface area contributed by atoms with Gasteiger partial charge in [-0.05, 0) is 26.0 Å². The quantitative estimate of drug-likeness (QED) is 0.632. The molecule has 2 aromatic rings. The van der Waals surface area contributed by atoms with Crippen molar-refractivity contribution in [2.75, 3.05) is 0 Å². The molecule has 2 rings (SSSR count). The lowest BCUT2D eigenvalue weighted by Crippen LogP contribution is -2.34. The van der Waals surface area contributed by atoms with Gasteiger partial charge in [-0.1, -0.05) is 0 Å². The Kier molecular flexibility index (Phi) is 1.57. The molecule has 2 aromatic heterocycles. The third-order valence-corrected chi connectivity index (χ3v) is 1.96. The van der Waals surface area contributed by atoms with Crippen LogP contribution in [-0.2, 0) is 0 Å². The second kappa shape index (κ2) is 2.59. The van der Waals surface area contributed by atoms with E-state index < -0.39 is 0 Å². The molecule has 0 saturated heterocycles. The zero-order valence-corrected chi connectivity index (χ0v) is 7.28. The number of nitrogens with zero attached hydrogens (tertiary/aromatic N) is 2. The van der Waals surface area contributed by atoms with E-state index in [4.69, 9.17) is 0 Å². The van der Waals surface area contributed by atoms with E-state index in [1.807, 2.05) is 12.4 Å². The number of pyridine rings is 1. The van der Waals surface area contributed by atoms with Crippen molar-refractivity contribution in [1.29, 1.82) is 0 Å². The Morgan fingerprint density at radius 2 is 2.33 bits per heavy atom. The Bertz CT molecular complexity index is 389. The van der Waals surface area contributed by atoms with Crippen LogP contribution in [0.4, 0.5) is 0 Å². The van der Waals surface area contributed by atoms with E-state index in [9.17, 15) is 0 Å². The topological polar surface area (TPSA) is 32.6 Å². The van der Waals surface area contributed by atoms with E-state index >= 15 is 0 Å². The van der Waals surface area contributed by atoms with Gasteiger partial charge in [0.15, 0.2) is 5.52 Å². The molecule has 0 atom stereocenters. The molecule has 0 unspecified atom stereocenters. The van der Waals surface area contributed by atoms with Crippen molar-refractivity contribution < 1.29 is 4.57 Å². The highest BCUT2D eigenvalue weighted by Gasteiger charge is 2.11. The molecule has 3 nitrogen and oxygen atoms in total. The predicted molar refractivity (Wildman–Crippen MR) is 46.7 cm³/mol. The SMILES string of the molecule is CC(C)[n+]1c[nH]c2ncccc21. The van der Waals surface area contributed by atoms with Crippen LogP contribution in [0.5, 0.6) is 0 Å². The van der Waals surface area contributed by atoms with E-state index in [2.05, 4.69) is 34.4 Å². The van der Waals surface area contributed by atoms with Crippen LogP contribution in [-0.4, -0.2) is 9.97 Å². The summed E-state index contributed by atoms with van der Waals surface area (Å²) in [7, 11) is 0. The van der Waals surface area contributed by atoms with Crippen molar-refractivity contribution in [3.63, 3.8) is 0 Å². The van der Waals surface area contributed by atoms with E-state index in [1.165, 1.54) is 0 Å². The molecule has 3 heteroatoms. The van der Waals surface area contributed by atoms with E-state index in [0.29, 0.717) is 6.04 Å². The zero-order valence-electron chi connectivity index (χ0n) is 7.28. The number of fused-ring (bicyclic) bond motifs is 1. The number of aromatic amines is 1. The van der Waals surface area contributed by atoms with Crippen LogP contribution in [0.25, 0.3) is 11.2 Å². The molecule has 0 aliphatic rings. The third kappa shape index (κ3) is 0.978. The van der Waals surface area contributed by atoms with E-state index in [-0.39, 0.29) is 0 Å². The fraction of sp³-hybridized carbons (Fsp3) is 0.333. The van der Waals surface area contributed by atoms with E-state index in [0.717, 1.165) is 11.2 Å². The van der Waals surface area contributed by atoms with Gasteiger partial charge in [-0.2, -0.15) is 0 Å². The Morgan fingerprint density at radius 3 is 3.08 bits per heavy atom. The number of imidazole rings is 1. The highest BCUT2D eigenvalue weighted by molar-refractivity contribution is 5.64. The van der Waals surface area contributed by atoms with Crippen molar-refractivity contribution in [2.45, 2.75) is 19.9 Å². The minimum atomic E-state index is 0.475. The standard InChI is InChI=1S/C9H11N3/c1-7(2)12-6-11-9-8(12)4-3-5-10-9/h3-7H,1-2H3/p+1. The minimum Gasteiger partial charge on any atom is -0.227 e. The molecule has 0 fully saturated rings. The van der Waals surface area contributed by atoms with Crippen LogP contribution in [0, 0.1) is 0 Å². The summed E-state index contributed by atoms with van der Waals surface area (Å²) in [4.78, 5) is 7.33. The summed E-state index contributed by atoms with van der Waals surface area (Å²) in [5.74, 6) is 0. The first-order valence-electron chi connectivity index (χ1n) is 4.12. The van der Waals surface area contributed by atoms with Crippen molar-refractivity contribution in [2.24, 2.45) is 0 Å². The molecule has 0 aliphatic carbocycles. The average molecular weight is 162 g/mol. The summed E-state index contributed by atoms with van der Waals surface area (Å²) >= 11 is 0. The van der Waals surface area contributed by atoms with Gasteiger partial charge in [0.1, 0.15) is 0 Å². The third-order valence-electron chi connectivity index (χ3n) is 1.96. The molecule has 62 valence electrons. The minimum absolute atomic E-state index is 0.475. The summed E-state index contributed by atoms with van der Waals surface area (Å²) in [5.41, 5.74) is 2.11. The van der Waals surface area contributed by atoms with Crippen LogP contribution in [0.1, 0.15) is 19.9 Å². The molecule has 2 heterocycles. The normalized spacial score (nSPS) is 11.2. The first kappa shape index (κ1) is 7.28. The molecule has 12 heavy (non-hydrogen) atoms. The first-order chi connectivity index (χ1) is 5.79. The fourth-order valence-electron chi connectivity index (χ4n) is 1.34. The Hall–Kier alpha value is -1.38. The van der Waals surface area contributed by atoms with Crippen molar-refractivity contribution >= 4 is 11.2 Å². The number of nitrogens with one attached hydrogen (secondary N) is 1. The Morgan fingerprint density at radius 1 is 1.50 bits per heavy atom. The van der Waals surface area contributed by atoms with Crippen molar-refractivity contribution in [1.82, 2.24) is 9.97 Å². The van der Waals surface area contributed by atoms with Gasteiger partial charge in [0, 0.05) is 6.20 Å². The maximum atomic E-state index is 4.21. The van der Waals surface area contributed by atoms with Crippen molar-refractivity contribution in [3.05, 3.63) is 24.7 Å². The Labute approximate surface area is 71.1 Å². The highest BCUT2D eigenvalue weighted by Crippen LogP contribution is 2.04. The van der Waals surface area contributed by atoms with Crippen LogP contribution in [0.2, 0.25) is 0 Å². The summed E-state index contributed by atoms with van der Waals surface area (Å²) in [6.07, 6.45) is 3.76. The lowest BCUT2D eigenvalue weighted by molar-refractivity contribution is -0.691. The lowest BCUT2D eigenvalue weighted by Gasteiger charge is -1.98. The van der Waals surface area contributed by atoms with Gasteiger partial charge in [0.25, 0.3) is 5.65 Å². The maximum absolute atomic E-state index is 4.21. The van der Waals surface area contributed by atoms with Gasteiger partial charge in [0.05, 0.1) is 6.04 Å². The van der Waals surface area contributed by atoms with Gasteiger partial charge >= 0.3 is 0 Å².